The molecular weight excluding hydrogens is 261 g/mol. The number of benzene rings is 1. The Morgan fingerprint density at radius 2 is 1.75 bits per heavy atom. The van der Waals surface area contributed by atoms with E-state index in [9.17, 15) is 14.0 Å². The maximum atomic E-state index is 13.2. The lowest BCUT2D eigenvalue weighted by Gasteiger charge is -2.24. The summed E-state index contributed by atoms with van der Waals surface area (Å²) >= 11 is 0. The molecule has 2 atom stereocenters. The molecule has 0 aromatic heterocycles. The lowest BCUT2D eigenvalue weighted by atomic mass is 9.94. The van der Waals surface area contributed by atoms with E-state index < -0.39 is 29.7 Å². The predicted molar refractivity (Wildman–Crippen MR) is 74.1 cm³/mol. The molecule has 1 N–H and O–H groups in total. The zero-order valence-electron chi connectivity index (χ0n) is 12.1. The third kappa shape index (κ3) is 4.99. The van der Waals surface area contributed by atoms with E-state index in [4.69, 9.17) is 4.74 Å². The van der Waals surface area contributed by atoms with Crippen molar-refractivity contribution in [2.24, 2.45) is 0 Å². The first kappa shape index (κ1) is 16.1. The van der Waals surface area contributed by atoms with Crippen LogP contribution in [0.1, 0.15) is 39.2 Å². The van der Waals surface area contributed by atoms with Gasteiger partial charge in [-0.15, -0.1) is 0 Å². The van der Waals surface area contributed by atoms with Gasteiger partial charge in [-0.3, -0.25) is 4.79 Å². The Balaban J connectivity index is 2.80. The van der Waals surface area contributed by atoms with Crippen LogP contribution in [-0.2, 0) is 9.53 Å². The average molecular weight is 281 g/mol. The van der Waals surface area contributed by atoms with Crippen molar-refractivity contribution in [2.45, 2.75) is 45.3 Å². The van der Waals surface area contributed by atoms with Crippen molar-refractivity contribution in [1.29, 1.82) is 0 Å². The number of carbonyl (C=O) groups excluding carboxylic acids is 2. The summed E-state index contributed by atoms with van der Waals surface area (Å²) in [4.78, 5) is 22.8. The van der Waals surface area contributed by atoms with Gasteiger partial charge in [0.05, 0.1) is 0 Å². The quantitative estimate of drug-likeness (QED) is 0.862. The highest BCUT2D eigenvalue weighted by atomic mass is 19.1. The van der Waals surface area contributed by atoms with E-state index in [0.29, 0.717) is 0 Å². The van der Waals surface area contributed by atoms with E-state index in [2.05, 4.69) is 5.32 Å². The number of halogens is 1. The van der Waals surface area contributed by atoms with E-state index >= 15 is 0 Å². The molecule has 1 rings (SSSR count). The highest BCUT2D eigenvalue weighted by Gasteiger charge is 2.29. The maximum absolute atomic E-state index is 13.2. The van der Waals surface area contributed by atoms with Crippen molar-refractivity contribution in [3.8, 4) is 0 Å². The highest BCUT2D eigenvalue weighted by molar-refractivity contribution is 5.81. The molecule has 0 saturated heterocycles. The second-order valence-corrected chi connectivity index (χ2v) is 5.63. The number of nitrogens with one attached hydrogen (secondary N) is 1. The van der Waals surface area contributed by atoms with Gasteiger partial charge >= 0.3 is 12.1 Å². The number of rotatable bonds is 4. The minimum absolute atomic E-state index is 0.485. The van der Waals surface area contributed by atoms with Crippen LogP contribution in [0.2, 0.25) is 0 Å². The summed E-state index contributed by atoms with van der Waals surface area (Å²) in [5.74, 6) is -0.485. The fraction of sp³-hybridized carbons (Fsp3) is 0.467. The number of carbonyl (C=O) groups is 2. The van der Waals surface area contributed by atoms with Crippen LogP contribution in [0.3, 0.4) is 0 Å². The van der Waals surface area contributed by atoms with Crippen LogP contribution in [0.4, 0.5) is 9.18 Å². The Bertz CT molecular complexity index is 468. The Labute approximate surface area is 118 Å². The summed E-state index contributed by atoms with van der Waals surface area (Å²) in [5, 5.41) is 2.29. The molecule has 0 aliphatic heterocycles. The Morgan fingerprint density at radius 1 is 1.20 bits per heavy atom. The Hall–Kier alpha value is -1.91. The lowest BCUT2D eigenvalue weighted by Crippen LogP contribution is -2.45. The molecule has 5 heteroatoms. The maximum Gasteiger partial charge on any atom is 0.408 e. The largest absolute Gasteiger partial charge is 0.444 e. The van der Waals surface area contributed by atoms with Gasteiger partial charge in [-0.05, 0) is 26.3 Å². The predicted octanol–water partition coefficient (Wildman–Crippen LogP) is 3.18. The number of hydrogen-bond acceptors (Lipinski definition) is 3. The molecule has 0 saturated carbocycles. The average Bonchev–Trinajstić information content (AvgIpc) is 2.34. The van der Waals surface area contributed by atoms with E-state index in [0.717, 1.165) is 5.56 Å². The normalized spacial score (nSPS) is 14.2. The molecule has 0 fully saturated rings. The van der Waals surface area contributed by atoms with Gasteiger partial charge in [0.2, 0.25) is 0 Å². The molecule has 1 aromatic carbocycles. The summed E-state index contributed by atoms with van der Waals surface area (Å²) in [6.07, 6.45) is -0.809. The van der Waals surface area contributed by atoms with Crippen molar-refractivity contribution in [2.75, 3.05) is 0 Å². The van der Waals surface area contributed by atoms with Crippen molar-refractivity contribution < 1.29 is 18.7 Å². The van der Waals surface area contributed by atoms with Crippen LogP contribution in [0.15, 0.2) is 30.3 Å². The second-order valence-electron chi connectivity index (χ2n) is 5.63. The van der Waals surface area contributed by atoms with Crippen LogP contribution in [-0.4, -0.2) is 23.8 Å². The highest BCUT2D eigenvalue weighted by Crippen LogP contribution is 2.20. The first-order chi connectivity index (χ1) is 9.20. The minimum Gasteiger partial charge on any atom is -0.444 e. The SMILES string of the molecule is CC(c1ccccc1)C(NC(=O)OC(C)(C)C)C(=O)F. The molecule has 20 heavy (non-hydrogen) atoms. The van der Waals surface area contributed by atoms with E-state index in [1.165, 1.54) is 0 Å². The van der Waals surface area contributed by atoms with Gasteiger partial charge in [-0.25, -0.2) is 4.79 Å². The summed E-state index contributed by atoms with van der Waals surface area (Å²) < 4.78 is 18.2. The molecule has 0 radical (unpaired) electrons. The lowest BCUT2D eigenvalue weighted by molar-refractivity contribution is -0.132. The number of amides is 1. The van der Waals surface area contributed by atoms with E-state index in [-0.39, 0.29) is 0 Å². The summed E-state index contributed by atoms with van der Waals surface area (Å²) in [7, 11) is 0. The minimum atomic E-state index is -1.59. The molecule has 0 bridgehead atoms. The third-order valence-electron chi connectivity index (χ3n) is 2.74. The monoisotopic (exact) mass is 281 g/mol. The van der Waals surface area contributed by atoms with Crippen LogP contribution < -0.4 is 5.32 Å². The molecule has 4 nitrogen and oxygen atoms in total. The smallest absolute Gasteiger partial charge is 0.408 e. The fourth-order valence-electron chi connectivity index (χ4n) is 1.76. The Kier molecular flexibility index (Phi) is 5.25. The van der Waals surface area contributed by atoms with Gasteiger partial charge in [-0.1, -0.05) is 37.3 Å². The van der Waals surface area contributed by atoms with Gasteiger partial charge in [0.25, 0.3) is 0 Å². The standard InChI is InChI=1S/C15H20FNO3/c1-10(11-8-6-5-7-9-11)12(13(16)18)17-14(19)20-15(2,3)4/h5-10,12H,1-4H3,(H,17,19). The van der Waals surface area contributed by atoms with Gasteiger partial charge in [-0.2, -0.15) is 4.39 Å². The first-order valence-electron chi connectivity index (χ1n) is 6.44. The molecule has 0 heterocycles. The summed E-state index contributed by atoms with van der Waals surface area (Å²) in [5.41, 5.74) is 0.0591. The van der Waals surface area contributed by atoms with Gasteiger partial charge in [0, 0.05) is 5.92 Å². The molecule has 0 aliphatic rings. The van der Waals surface area contributed by atoms with Crippen LogP contribution >= 0.6 is 0 Å². The van der Waals surface area contributed by atoms with Crippen molar-refractivity contribution in [3.05, 3.63) is 35.9 Å². The van der Waals surface area contributed by atoms with Gasteiger partial charge < -0.3 is 10.1 Å². The first-order valence-corrected chi connectivity index (χ1v) is 6.44. The van der Waals surface area contributed by atoms with Crippen molar-refractivity contribution in [3.63, 3.8) is 0 Å². The van der Waals surface area contributed by atoms with Crippen LogP contribution in [0.25, 0.3) is 0 Å². The number of hydrogen-bond donors (Lipinski definition) is 1. The van der Waals surface area contributed by atoms with Crippen molar-refractivity contribution >= 4 is 12.1 Å². The van der Waals surface area contributed by atoms with Gasteiger partial charge in [0.1, 0.15) is 11.6 Å². The van der Waals surface area contributed by atoms with Crippen molar-refractivity contribution in [1.82, 2.24) is 5.32 Å². The molecule has 0 aliphatic carbocycles. The summed E-state index contributed by atoms with van der Waals surface area (Å²) in [6, 6.07) is 6.11. The molecule has 1 amide bonds. The zero-order valence-corrected chi connectivity index (χ0v) is 12.1. The third-order valence-corrected chi connectivity index (χ3v) is 2.74. The molecule has 110 valence electrons. The van der Waals surface area contributed by atoms with E-state index in [1.54, 1.807) is 52.0 Å². The molecular formula is C15H20FNO3. The van der Waals surface area contributed by atoms with E-state index in [1.807, 2.05) is 6.07 Å². The molecule has 0 spiro atoms. The molecule has 2 unspecified atom stereocenters. The second kappa shape index (κ2) is 6.50. The Morgan fingerprint density at radius 3 is 2.20 bits per heavy atom. The number of alkyl carbamates (subject to hydrolysis) is 1. The zero-order chi connectivity index (χ0) is 15.3. The number of ether oxygens (including phenoxy) is 1. The van der Waals surface area contributed by atoms with Crippen LogP contribution in [0, 0.1) is 0 Å². The fourth-order valence-corrected chi connectivity index (χ4v) is 1.76. The molecule has 1 aromatic rings. The summed E-state index contributed by atoms with van der Waals surface area (Å²) in [6.45, 7) is 6.76. The van der Waals surface area contributed by atoms with Gasteiger partial charge in [0.15, 0.2) is 0 Å². The van der Waals surface area contributed by atoms with Crippen LogP contribution in [0.5, 0.6) is 0 Å². The topological polar surface area (TPSA) is 55.4 Å².